The first-order chi connectivity index (χ1) is 10.6. The number of likely N-dealkylation sites (N-methyl/N-ethyl adjacent to an activating group) is 1. The molecule has 0 aliphatic rings. The fourth-order valence-corrected chi connectivity index (χ4v) is 2.44. The second kappa shape index (κ2) is 7.87. The average Bonchev–Trinajstić information content (AvgIpc) is 2.47. The lowest BCUT2D eigenvalue weighted by Gasteiger charge is -2.23. The van der Waals surface area contributed by atoms with Gasteiger partial charge in [-0.15, -0.1) is 0 Å². The highest BCUT2D eigenvalue weighted by Gasteiger charge is 2.13. The van der Waals surface area contributed by atoms with Crippen molar-refractivity contribution >= 4 is 5.82 Å². The summed E-state index contributed by atoms with van der Waals surface area (Å²) in [5.74, 6) is 1.62. The van der Waals surface area contributed by atoms with E-state index in [2.05, 4.69) is 58.5 Å². The van der Waals surface area contributed by atoms with Crippen molar-refractivity contribution in [1.29, 1.82) is 0 Å². The van der Waals surface area contributed by atoms with E-state index in [0.717, 1.165) is 30.3 Å². The number of aromatic nitrogens is 2. The van der Waals surface area contributed by atoms with Gasteiger partial charge in [-0.05, 0) is 33.1 Å². The van der Waals surface area contributed by atoms with Crippen LogP contribution >= 0.6 is 0 Å². The molecule has 0 saturated carbocycles. The Balaban J connectivity index is 2.23. The Morgan fingerprint density at radius 3 is 2.55 bits per heavy atom. The molecule has 22 heavy (non-hydrogen) atoms. The van der Waals surface area contributed by atoms with Gasteiger partial charge in [-0.25, -0.2) is 9.97 Å². The van der Waals surface area contributed by atoms with E-state index in [4.69, 9.17) is 5.73 Å². The molecule has 118 valence electrons. The van der Waals surface area contributed by atoms with Crippen LogP contribution in [0.2, 0.25) is 0 Å². The molecule has 1 aromatic heterocycles. The third-order valence-corrected chi connectivity index (χ3v) is 3.36. The SMILES string of the molecule is Cc1nc(CCN)cc(NC(CN(C)C)c2ccccc2)n1. The number of nitrogens with two attached hydrogens (primary N) is 1. The second-order valence-corrected chi connectivity index (χ2v) is 5.70. The van der Waals surface area contributed by atoms with Gasteiger partial charge in [0.15, 0.2) is 0 Å². The fourth-order valence-electron chi connectivity index (χ4n) is 2.44. The zero-order chi connectivity index (χ0) is 15.9. The number of hydrogen-bond donors (Lipinski definition) is 2. The number of nitrogens with one attached hydrogen (secondary N) is 1. The molecule has 5 nitrogen and oxygen atoms in total. The standard InChI is InChI=1S/C17H25N5/c1-13-19-15(9-10-18)11-17(20-13)21-16(12-22(2)3)14-7-5-4-6-8-14/h4-8,11,16H,9-10,12,18H2,1-3H3,(H,19,20,21). The molecule has 1 unspecified atom stereocenters. The summed E-state index contributed by atoms with van der Waals surface area (Å²) in [6.07, 6.45) is 0.766. The molecule has 0 aliphatic heterocycles. The zero-order valence-corrected chi connectivity index (χ0v) is 13.6. The highest BCUT2D eigenvalue weighted by molar-refractivity contribution is 5.40. The lowest BCUT2D eigenvalue weighted by molar-refractivity contribution is 0.386. The van der Waals surface area contributed by atoms with Gasteiger partial charge in [-0.1, -0.05) is 30.3 Å². The van der Waals surface area contributed by atoms with Gasteiger partial charge in [0.05, 0.1) is 6.04 Å². The van der Waals surface area contributed by atoms with Crippen LogP contribution in [0.25, 0.3) is 0 Å². The van der Waals surface area contributed by atoms with Crippen LogP contribution in [0.4, 0.5) is 5.82 Å². The van der Waals surface area contributed by atoms with E-state index in [1.807, 2.05) is 19.1 Å². The largest absolute Gasteiger partial charge is 0.362 e. The number of nitrogens with zero attached hydrogens (tertiary/aromatic N) is 3. The molecule has 0 saturated heterocycles. The summed E-state index contributed by atoms with van der Waals surface area (Å²) in [5, 5.41) is 3.53. The summed E-state index contributed by atoms with van der Waals surface area (Å²) < 4.78 is 0. The quantitative estimate of drug-likeness (QED) is 0.818. The molecular weight excluding hydrogens is 274 g/mol. The summed E-state index contributed by atoms with van der Waals surface area (Å²) in [4.78, 5) is 11.1. The van der Waals surface area contributed by atoms with E-state index in [-0.39, 0.29) is 6.04 Å². The van der Waals surface area contributed by atoms with Gasteiger partial charge in [0.1, 0.15) is 11.6 Å². The monoisotopic (exact) mass is 299 g/mol. The van der Waals surface area contributed by atoms with E-state index in [1.165, 1.54) is 5.56 Å². The Kier molecular flexibility index (Phi) is 5.86. The molecule has 1 heterocycles. The minimum absolute atomic E-state index is 0.177. The second-order valence-electron chi connectivity index (χ2n) is 5.70. The molecule has 5 heteroatoms. The van der Waals surface area contributed by atoms with Gasteiger partial charge >= 0.3 is 0 Å². The van der Waals surface area contributed by atoms with Gasteiger partial charge in [0.25, 0.3) is 0 Å². The molecular formula is C17H25N5. The predicted octanol–water partition coefficient (Wildman–Crippen LogP) is 2.00. The Morgan fingerprint density at radius 2 is 1.91 bits per heavy atom. The molecule has 0 amide bonds. The van der Waals surface area contributed by atoms with Crippen molar-refractivity contribution in [3.63, 3.8) is 0 Å². The predicted molar refractivity (Wildman–Crippen MR) is 90.9 cm³/mol. The Bertz CT molecular complexity index is 583. The van der Waals surface area contributed by atoms with Crippen molar-refractivity contribution < 1.29 is 0 Å². The van der Waals surface area contributed by atoms with Crippen molar-refractivity contribution in [2.75, 3.05) is 32.5 Å². The van der Waals surface area contributed by atoms with Gasteiger partial charge < -0.3 is 16.0 Å². The smallest absolute Gasteiger partial charge is 0.130 e. The van der Waals surface area contributed by atoms with Crippen LogP contribution in [0.5, 0.6) is 0 Å². The lowest BCUT2D eigenvalue weighted by Crippen LogP contribution is -2.26. The van der Waals surface area contributed by atoms with Crippen molar-refractivity contribution in [2.45, 2.75) is 19.4 Å². The summed E-state index contributed by atoms with van der Waals surface area (Å²) >= 11 is 0. The molecule has 2 aromatic rings. The molecule has 0 aliphatic carbocycles. The van der Waals surface area contributed by atoms with Crippen molar-refractivity contribution in [1.82, 2.24) is 14.9 Å². The van der Waals surface area contributed by atoms with Crippen LogP contribution in [-0.2, 0) is 6.42 Å². The minimum atomic E-state index is 0.177. The van der Waals surface area contributed by atoms with Crippen molar-refractivity contribution in [3.05, 3.63) is 53.5 Å². The first kappa shape index (κ1) is 16.4. The zero-order valence-electron chi connectivity index (χ0n) is 13.6. The lowest BCUT2D eigenvalue weighted by atomic mass is 10.1. The third-order valence-electron chi connectivity index (χ3n) is 3.36. The molecule has 0 radical (unpaired) electrons. The van der Waals surface area contributed by atoms with E-state index >= 15 is 0 Å². The van der Waals surface area contributed by atoms with Gasteiger partial charge in [-0.3, -0.25) is 0 Å². The highest BCUT2D eigenvalue weighted by atomic mass is 15.1. The average molecular weight is 299 g/mol. The van der Waals surface area contributed by atoms with Crippen LogP contribution in [0.1, 0.15) is 23.1 Å². The maximum Gasteiger partial charge on any atom is 0.130 e. The van der Waals surface area contributed by atoms with Crippen molar-refractivity contribution in [2.24, 2.45) is 5.73 Å². The normalized spacial score (nSPS) is 12.4. The van der Waals surface area contributed by atoms with E-state index in [1.54, 1.807) is 0 Å². The molecule has 1 aromatic carbocycles. The molecule has 0 spiro atoms. The number of hydrogen-bond acceptors (Lipinski definition) is 5. The fraction of sp³-hybridized carbons (Fsp3) is 0.412. The Hall–Kier alpha value is -1.98. The van der Waals surface area contributed by atoms with E-state index in [9.17, 15) is 0 Å². The van der Waals surface area contributed by atoms with Gasteiger partial charge in [0.2, 0.25) is 0 Å². The summed E-state index contributed by atoms with van der Waals surface area (Å²) in [7, 11) is 4.14. The summed E-state index contributed by atoms with van der Waals surface area (Å²) in [6, 6.07) is 12.6. The van der Waals surface area contributed by atoms with Gasteiger partial charge in [-0.2, -0.15) is 0 Å². The number of benzene rings is 1. The van der Waals surface area contributed by atoms with E-state index < -0.39 is 0 Å². The topological polar surface area (TPSA) is 67.1 Å². The third kappa shape index (κ3) is 4.79. The van der Waals surface area contributed by atoms with Gasteiger partial charge in [0, 0.05) is 24.7 Å². The maximum absolute atomic E-state index is 5.63. The summed E-state index contributed by atoms with van der Waals surface area (Å²) in [5.41, 5.74) is 7.86. The van der Waals surface area contributed by atoms with Crippen LogP contribution in [0.3, 0.4) is 0 Å². The first-order valence-electron chi connectivity index (χ1n) is 7.59. The van der Waals surface area contributed by atoms with Crippen LogP contribution in [-0.4, -0.2) is 42.1 Å². The Morgan fingerprint density at radius 1 is 1.18 bits per heavy atom. The van der Waals surface area contributed by atoms with Crippen molar-refractivity contribution in [3.8, 4) is 0 Å². The first-order valence-corrected chi connectivity index (χ1v) is 7.59. The highest BCUT2D eigenvalue weighted by Crippen LogP contribution is 2.19. The molecule has 0 fully saturated rings. The van der Waals surface area contributed by atoms with E-state index in [0.29, 0.717) is 6.54 Å². The molecule has 0 bridgehead atoms. The minimum Gasteiger partial charge on any atom is -0.362 e. The number of anilines is 1. The van der Waals surface area contributed by atoms with Crippen LogP contribution in [0.15, 0.2) is 36.4 Å². The maximum atomic E-state index is 5.63. The summed E-state index contributed by atoms with van der Waals surface area (Å²) in [6.45, 7) is 3.39. The molecule has 1 atom stereocenters. The molecule has 3 N–H and O–H groups in total. The molecule has 2 rings (SSSR count). The number of rotatable bonds is 7. The van der Waals surface area contributed by atoms with Crippen LogP contribution < -0.4 is 11.1 Å². The Labute approximate surface area is 132 Å². The number of aryl methyl sites for hydroxylation is 1. The van der Waals surface area contributed by atoms with Crippen LogP contribution in [0, 0.1) is 6.92 Å².